The molecule has 1 unspecified atom stereocenters. The zero-order valence-electron chi connectivity index (χ0n) is 14.8. The SMILES string of the molecule is Cn1nc(-c2cccs2)cc1C(=O)NC(Cn1ccnc1)c1ccccc1. The van der Waals surface area contributed by atoms with Gasteiger partial charge in [0.05, 0.1) is 17.2 Å². The molecule has 0 aliphatic carbocycles. The number of amides is 1. The molecule has 0 saturated carbocycles. The first-order valence-electron chi connectivity index (χ1n) is 8.60. The Bertz CT molecular complexity index is 1010. The van der Waals surface area contributed by atoms with Crippen molar-refractivity contribution in [2.24, 2.45) is 7.05 Å². The molecule has 0 radical (unpaired) electrons. The van der Waals surface area contributed by atoms with Gasteiger partial charge in [0.15, 0.2) is 0 Å². The molecular formula is C20H19N5OS. The van der Waals surface area contributed by atoms with Crippen molar-refractivity contribution in [2.75, 3.05) is 0 Å². The van der Waals surface area contributed by atoms with Crippen molar-refractivity contribution in [2.45, 2.75) is 12.6 Å². The largest absolute Gasteiger partial charge is 0.342 e. The predicted octanol–water partition coefficient (Wildman–Crippen LogP) is 3.52. The van der Waals surface area contributed by atoms with Crippen LogP contribution in [-0.2, 0) is 13.6 Å². The molecule has 0 spiro atoms. The maximum Gasteiger partial charge on any atom is 0.270 e. The molecule has 3 heterocycles. The van der Waals surface area contributed by atoms with Gasteiger partial charge in [-0.2, -0.15) is 5.10 Å². The quantitative estimate of drug-likeness (QED) is 0.559. The van der Waals surface area contributed by atoms with Crippen molar-refractivity contribution >= 4 is 17.2 Å². The van der Waals surface area contributed by atoms with Crippen LogP contribution in [0, 0.1) is 0 Å². The summed E-state index contributed by atoms with van der Waals surface area (Å²) in [5.41, 5.74) is 2.38. The first-order valence-corrected chi connectivity index (χ1v) is 9.48. The summed E-state index contributed by atoms with van der Waals surface area (Å²) in [4.78, 5) is 18.1. The van der Waals surface area contributed by atoms with E-state index in [1.165, 1.54) is 0 Å². The van der Waals surface area contributed by atoms with E-state index in [4.69, 9.17) is 0 Å². The van der Waals surface area contributed by atoms with E-state index in [1.807, 2.05) is 64.7 Å². The number of nitrogens with zero attached hydrogens (tertiary/aromatic N) is 4. The van der Waals surface area contributed by atoms with Crippen LogP contribution in [0.4, 0.5) is 0 Å². The van der Waals surface area contributed by atoms with Gasteiger partial charge in [0, 0.05) is 26.0 Å². The van der Waals surface area contributed by atoms with Crippen molar-refractivity contribution in [1.29, 1.82) is 0 Å². The molecule has 136 valence electrons. The Kier molecular flexibility index (Phi) is 4.84. The van der Waals surface area contributed by atoms with Crippen molar-refractivity contribution in [3.8, 4) is 10.6 Å². The summed E-state index contributed by atoms with van der Waals surface area (Å²) < 4.78 is 3.59. The lowest BCUT2D eigenvalue weighted by Gasteiger charge is -2.19. The fourth-order valence-corrected chi connectivity index (χ4v) is 3.66. The van der Waals surface area contributed by atoms with Crippen molar-refractivity contribution in [3.63, 3.8) is 0 Å². The highest BCUT2D eigenvalue weighted by atomic mass is 32.1. The average Bonchev–Trinajstić information content (AvgIpc) is 3.43. The van der Waals surface area contributed by atoms with Crippen molar-refractivity contribution in [1.82, 2.24) is 24.6 Å². The Hall–Kier alpha value is -3.19. The average molecular weight is 377 g/mol. The Labute approximate surface area is 161 Å². The van der Waals surface area contributed by atoms with E-state index >= 15 is 0 Å². The maximum absolute atomic E-state index is 13.0. The number of benzene rings is 1. The van der Waals surface area contributed by atoms with Gasteiger partial charge in [-0.25, -0.2) is 4.98 Å². The number of carbonyl (C=O) groups is 1. The Morgan fingerprint density at radius 2 is 2.07 bits per heavy atom. The molecule has 1 N–H and O–H groups in total. The van der Waals surface area contributed by atoms with E-state index in [-0.39, 0.29) is 11.9 Å². The molecule has 1 amide bonds. The summed E-state index contributed by atoms with van der Waals surface area (Å²) in [6.45, 7) is 0.603. The van der Waals surface area contributed by atoms with Gasteiger partial charge in [0.1, 0.15) is 11.4 Å². The fourth-order valence-electron chi connectivity index (χ4n) is 2.98. The van der Waals surface area contributed by atoms with Gasteiger partial charge in [-0.05, 0) is 23.1 Å². The molecular weight excluding hydrogens is 358 g/mol. The second-order valence-electron chi connectivity index (χ2n) is 6.21. The molecule has 6 nitrogen and oxygen atoms in total. The van der Waals surface area contributed by atoms with Gasteiger partial charge in [-0.15, -0.1) is 11.3 Å². The van der Waals surface area contributed by atoms with E-state index < -0.39 is 0 Å². The third-order valence-corrected chi connectivity index (χ3v) is 5.24. The number of aryl methyl sites for hydroxylation is 1. The number of imidazole rings is 1. The van der Waals surface area contributed by atoms with Gasteiger partial charge < -0.3 is 9.88 Å². The Balaban J connectivity index is 1.58. The van der Waals surface area contributed by atoms with Crippen LogP contribution in [0.3, 0.4) is 0 Å². The summed E-state index contributed by atoms with van der Waals surface area (Å²) >= 11 is 1.61. The maximum atomic E-state index is 13.0. The second-order valence-corrected chi connectivity index (χ2v) is 7.16. The van der Waals surface area contributed by atoms with Crippen LogP contribution in [0.15, 0.2) is 72.6 Å². The number of aromatic nitrogens is 4. The van der Waals surface area contributed by atoms with Crippen LogP contribution in [0.2, 0.25) is 0 Å². The Morgan fingerprint density at radius 3 is 2.78 bits per heavy atom. The highest BCUT2D eigenvalue weighted by Gasteiger charge is 2.20. The second kappa shape index (κ2) is 7.59. The van der Waals surface area contributed by atoms with Gasteiger partial charge in [0.2, 0.25) is 0 Å². The summed E-state index contributed by atoms with van der Waals surface area (Å²) in [6, 6.07) is 15.6. The van der Waals surface area contributed by atoms with E-state index in [1.54, 1.807) is 35.6 Å². The van der Waals surface area contributed by atoms with Crippen LogP contribution in [0.5, 0.6) is 0 Å². The van der Waals surface area contributed by atoms with Crippen LogP contribution >= 0.6 is 11.3 Å². The molecule has 1 aromatic carbocycles. The Morgan fingerprint density at radius 1 is 1.22 bits per heavy atom. The third kappa shape index (κ3) is 3.83. The molecule has 0 saturated heterocycles. The monoisotopic (exact) mass is 377 g/mol. The number of thiophene rings is 1. The molecule has 0 aliphatic rings. The highest BCUT2D eigenvalue weighted by Crippen LogP contribution is 2.24. The molecule has 4 rings (SSSR count). The number of hydrogen-bond acceptors (Lipinski definition) is 4. The highest BCUT2D eigenvalue weighted by molar-refractivity contribution is 7.13. The van der Waals surface area contributed by atoms with Crippen LogP contribution < -0.4 is 5.32 Å². The van der Waals surface area contributed by atoms with E-state index in [0.717, 1.165) is 16.1 Å². The van der Waals surface area contributed by atoms with Crippen LogP contribution in [0.1, 0.15) is 22.1 Å². The van der Waals surface area contributed by atoms with Crippen LogP contribution in [-0.4, -0.2) is 25.2 Å². The van der Waals surface area contributed by atoms with Gasteiger partial charge in [0.25, 0.3) is 5.91 Å². The third-order valence-electron chi connectivity index (χ3n) is 4.35. The number of hydrogen-bond donors (Lipinski definition) is 1. The number of nitrogens with one attached hydrogen (secondary N) is 1. The lowest BCUT2D eigenvalue weighted by atomic mass is 10.1. The van der Waals surface area contributed by atoms with Gasteiger partial charge in [-0.3, -0.25) is 9.48 Å². The molecule has 27 heavy (non-hydrogen) atoms. The standard InChI is InChI=1S/C20H19N5OS/c1-24-18(12-16(23-24)19-8-5-11-27-19)20(26)22-17(13-25-10-9-21-14-25)15-6-3-2-4-7-15/h2-12,14,17H,13H2,1H3,(H,22,26). The molecule has 0 fully saturated rings. The molecule has 0 bridgehead atoms. The smallest absolute Gasteiger partial charge is 0.270 e. The summed E-state index contributed by atoms with van der Waals surface area (Å²) in [5, 5.41) is 9.62. The first-order chi connectivity index (χ1) is 13.2. The number of carbonyl (C=O) groups excluding carboxylic acids is 1. The fraction of sp³-hybridized carbons (Fsp3) is 0.150. The van der Waals surface area contributed by atoms with E-state index in [9.17, 15) is 4.79 Å². The minimum atomic E-state index is -0.173. The van der Waals surface area contributed by atoms with Gasteiger partial charge >= 0.3 is 0 Å². The zero-order valence-corrected chi connectivity index (χ0v) is 15.6. The molecule has 7 heteroatoms. The molecule has 4 aromatic rings. The van der Waals surface area contributed by atoms with Gasteiger partial charge in [-0.1, -0.05) is 36.4 Å². The lowest BCUT2D eigenvalue weighted by molar-refractivity contribution is 0.0923. The van der Waals surface area contributed by atoms with E-state index in [2.05, 4.69) is 15.4 Å². The minimum absolute atomic E-state index is 0.151. The molecule has 0 aliphatic heterocycles. The topological polar surface area (TPSA) is 64.7 Å². The minimum Gasteiger partial charge on any atom is -0.342 e. The number of rotatable bonds is 6. The summed E-state index contributed by atoms with van der Waals surface area (Å²) in [5.74, 6) is -0.151. The van der Waals surface area contributed by atoms with E-state index in [0.29, 0.717) is 12.2 Å². The summed E-state index contributed by atoms with van der Waals surface area (Å²) in [6.07, 6.45) is 5.38. The van der Waals surface area contributed by atoms with Crippen molar-refractivity contribution < 1.29 is 4.79 Å². The van der Waals surface area contributed by atoms with Crippen molar-refractivity contribution in [3.05, 3.63) is 83.9 Å². The summed E-state index contributed by atoms with van der Waals surface area (Å²) in [7, 11) is 1.79. The molecule has 1 atom stereocenters. The lowest BCUT2D eigenvalue weighted by Crippen LogP contribution is -2.32. The molecule has 3 aromatic heterocycles. The zero-order chi connectivity index (χ0) is 18.6. The normalized spacial score (nSPS) is 12.0. The van der Waals surface area contributed by atoms with Crippen LogP contribution in [0.25, 0.3) is 10.6 Å². The first kappa shape index (κ1) is 17.2. The predicted molar refractivity (Wildman–Crippen MR) is 105 cm³/mol.